The van der Waals surface area contributed by atoms with Crippen molar-refractivity contribution in [2.24, 2.45) is 5.41 Å². The predicted molar refractivity (Wildman–Crippen MR) is 97.5 cm³/mol. The number of carbonyl (C=O) groups is 1. The first-order valence-electron chi connectivity index (χ1n) is 8.82. The zero-order valence-electron chi connectivity index (χ0n) is 15.2. The van der Waals surface area contributed by atoms with Crippen molar-refractivity contribution in [3.63, 3.8) is 0 Å². The highest BCUT2D eigenvalue weighted by atomic mass is 35.5. The first-order valence-corrected chi connectivity index (χ1v) is 8.82. The lowest BCUT2D eigenvalue weighted by Gasteiger charge is -2.41. The lowest BCUT2D eigenvalue weighted by Crippen LogP contribution is -2.49. The van der Waals surface area contributed by atoms with Gasteiger partial charge in [-0.25, -0.2) is 0 Å². The minimum Gasteiger partial charge on any atom is -0.342 e. The molecule has 2 heterocycles. The molecule has 7 heteroatoms. The first-order chi connectivity index (χ1) is 11.6. The van der Waals surface area contributed by atoms with Gasteiger partial charge in [0, 0.05) is 19.6 Å². The molecule has 1 spiro atoms. The van der Waals surface area contributed by atoms with Crippen molar-refractivity contribution >= 4 is 18.3 Å². The van der Waals surface area contributed by atoms with Gasteiger partial charge in [0.05, 0.1) is 11.0 Å². The van der Waals surface area contributed by atoms with Crippen LogP contribution in [0, 0.1) is 5.41 Å². The van der Waals surface area contributed by atoms with Gasteiger partial charge in [0.1, 0.15) is 0 Å². The van der Waals surface area contributed by atoms with Crippen molar-refractivity contribution in [1.29, 1.82) is 0 Å². The van der Waals surface area contributed by atoms with E-state index >= 15 is 0 Å². The highest BCUT2D eigenvalue weighted by Gasteiger charge is 2.42. The Morgan fingerprint density at radius 3 is 2.27 bits per heavy atom. The van der Waals surface area contributed by atoms with Gasteiger partial charge in [0.2, 0.25) is 5.91 Å². The van der Waals surface area contributed by atoms with E-state index in [4.69, 9.17) is 0 Å². The molecule has 0 aliphatic carbocycles. The topological polar surface area (TPSA) is 32.3 Å². The summed E-state index contributed by atoms with van der Waals surface area (Å²) < 4.78 is 38.9. The highest BCUT2D eigenvalue weighted by molar-refractivity contribution is 5.87. The molecule has 2 fully saturated rings. The van der Waals surface area contributed by atoms with Gasteiger partial charge in [-0.3, -0.25) is 4.79 Å². The summed E-state index contributed by atoms with van der Waals surface area (Å²) in [5.41, 5.74) is -0.966. The first kappa shape index (κ1) is 21.0. The summed E-state index contributed by atoms with van der Waals surface area (Å²) >= 11 is 0. The summed E-state index contributed by atoms with van der Waals surface area (Å²) in [5, 5.41) is 3.39. The molecule has 1 aromatic carbocycles. The van der Waals surface area contributed by atoms with E-state index < -0.39 is 17.2 Å². The number of nitrogens with one attached hydrogen (secondary N) is 1. The minimum atomic E-state index is -4.40. The minimum absolute atomic E-state index is 0. The fourth-order valence-electron chi connectivity index (χ4n) is 4.01. The Kier molecular flexibility index (Phi) is 5.98. The number of hydrogen-bond donors (Lipinski definition) is 1. The maximum Gasteiger partial charge on any atom is 0.416 e. The molecule has 3 nitrogen and oxygen atoms in total. The average molecular weight is 391 g/mol. The van der Waals surface area contributed by atoms with Gasteiger partial charge in [-0.1, -0.05) is 18.2 Å². The van der Waals surface area contributed by atoms with Gasteiger partial charge in [-0.2, -0.15) is 13.2 Å². The summed E-state index contributed by atoms with van der Waals surface area (Å²) in [7, 11) is 0. The molecular weight excluding hydrogens is 365 g/mol. The van der Waals surface area contributed by atoms with Crippen LogP contribution >= 0.6 is 12.4 Å². The van der Waals surface area contributed by atoms with Gasteiger partial charge in [0.25, 0.3) is 0 Å². The lowest BCUT2D eigenvalue weighted by atomic mass is 9.76. The molecular formula is C19H26ClF3N2O. The van der Waals surface area contributed by atoms with Crippen LogP contribution in [0.3, 0.4) is 0 Å². The lowest BCUT2D eigenvalue weighted by molar-refractivity contribution is -0.140. The molecule has 2 aliphatic heterocycles. The van der Waals surface area contributed by atoms with Crippen LogP contribution in [-0.4, -0.2) is 37.0 Å². The SMILES string of the molecule is CC(C)(C(=O)N1CCC2(CCNC2)CC1)c1cccc(C(F)(F)F)c1.Cl. The third-order valence-electron chi connectivity index (χ3n) is 5.89. The van der Waals surface area contributed by atoms with Crippen molar-refractivity contribution < 1.29 is 18.0 Å². The Bertz CT molecular complexity index is 644. The van der Waals surface area contributed by atoms with Crippen LogP contribution in [0.25, 0.3) is 0 Å². The number of piperidine rings is 1. The molecule has 0 radical (unpaired) electrons. The second kappa shape index (κ2) is 7.39. The van der Waals surface area contributed by atoms with Crippen molar-refractivity contribution in [2.45, 2.75) is 44.7 Å². The highest BCUT2D eigenvalue weighted by Crippen LogP contribution is 2.39. The molecule has 146 valence electrons. The zero-order valence-corrected chi connectivity index (χ0v) is 16.0. The van der Waals surface area contributed by atoms with Crippen LogP contribution in [-0.2, 0) is 16.4 Å². The standard InChI is InChI=1S/C19H25F3N2O.ClH/c1-17(2,14-4-3-5-15(12-14)19(20,21)22)16(25)24-10-7-18(8-11-24)6-9-23-13-18;/h3-5,12,23H,6-11,13H2,1-2H3;1H. The Balaban J connectivity index is 0.00000243. The molecule has 0 saturated carbocycles. The van der Waals surface area contributed by atoms with Crippen LogP contribution in [0.15, 0.2) is 24.3 Å². The zero-order chi connectivity index (χ0) is 18.3. The van der Waals surface area contributed by atoms with Gasteiger partial charge in [0.15, 0.2) is 0 Å². The molecule has 0 aromatic heterocycles. The smallest absolute Gasteiger partial charge is 0.342 e. The molecule has 2 saturated heterocycles. The van der Waals surface area contributed by atoms with Crippen molar-refractivity contribution in [3.8, 4) is 0 Å². The van der Waals surface area contributed by atoms with E-state index in [1.807, 2.05) is 4.90 Å². The second-order valence-electron chi connectivity index (χ2n) is 7.92. The number of likely N-dealkylation sites (tertiary alicyclic amines) is 1. The predicted octanol–water partition coefficient (Wildman–Crippen LogP) is 4.01. The number of benzene rings is 1. The van der Waals surface area contributed by atoms with E-state index in [1.165, 1.54) is 6.07 Å². The molecule has 0 unspecified atom stereocenters. The summed E-state index contributed by atoms with van der Waals surface area (Å²) in [6.45, 7) is 6.83. The Labute approximate surface area is 158 Å². The Morgan fingerprint density at radius 2 is 1.73 bits per heavy atom. The van der Waals surface area contributed by atoms with Gasteiger partial charge in [-0.15, -0.1) is 12.4 Å². The molecule has 26 heavy (non-hydrogen) atoms. The average Bonchev–Trinajstić information content (AvgIpc) is 3.02. The number of amides is 1. The van der Waals surface area contributed by atoms with Crippen LogP contribution in [0.5, 0.6) is 0 Å². The van der Waals surface area contributed by atoms with Gasteiger partial charge < -0.3 is 10.2 Å². The summed E-state index contributed by atoms with van der Waals surface area (Å²) in [4.78, 5) is 14.8. The third kappa shape index (κ3) is 4.01. The third-order valence-corrected chi connectivity index (χ3v) is 5.89. The summed E-state index contributed by atoms with van der Waals surface area (Å²) in [6, 6.07) is 5.13. The Morgan fingerprint density at radius 1 is 1.12 bits per heavy atom. The summed E-state index contributed by atoms with van der Waals surface area (Å²) in [5.74, 6) is -0.0902. The fraction of sp³-hybridized carbons (Fsp3) is 0.632. The molecule has 1 aromatic rings. The molecule has 2 aliphatic rings. The molecule has 1 N–H and O–H groups in total. The van der Waals surface area contributed by atoms with E-state index in [0.717, 1.165) is 44.5 Å². The quantitative estimate of drug-likeness (QED) is 0.827. The van der Waals surface area contributed by atoms with Crippen LogP contribution < -0.4 is 5.32 Å². The maximum atomic E-state index is 13.0. The number of carbonyl (C=O) groups excluding carboxylic acids is 1. The van der Waals surface area contributed by atoms with Gasteiger partial charge in [-0.05, 0) is 56.7 Å². The van der Waals surface area contributed by atoms with Crippen LogP contribution in [0.4, 0.5) is 13.2 Å². The van der Waals surface area contributed by atoms with Crippen LogP contribution in [0.2, 0.25) is 0 Å². The number of hydrogen-bond acceptors (Lipinski definition) is 2. The largest absolute Gasteiger partial charge is 0.416 e. The number of halogens is 4. The van der Waals surface area contributed by atoms with Crippen molar-refractivity contribution in [2.75, 3.05) is 26.2 Å². The molecule has 3 rings (SSSR count). The second-order valence-corrected chi connectivity index (χ2v) is 7.92. The van der Waals surface area contributed by atoms with Gasteiger partial charge >= 0.3 is 6.18 Å². The van der Waals surface area contributed by atoms with E-state index in [1.54, 1.807) is 19.9 Å². The van der Waals surface area contributed by atoms with E-state index in [-0.39, 0.29) is 18.3 Å². The van der Waals surface area contributed by atoms with Crippen LogP contribution in [0.1, 0.15) is 44.2 Å². The van der Waals surface area contributed by atoms with E-state index in [2.05, 4.69) is 5.32 Å². The fourth-order valence-corrected chi connectivity index (χ4v) is 4.01. The van der Waals surface area contributed by atoms with Crippen molar-refractivity contribution in [3.05, 3.63) is 35.4 Å². The molecule has 1 amide bonds. The maximum absolute atomic E-state index is 13.0. The number of nitrogens with zero attached hydrogens (tertiary/aromatic N) is 1. The normalized spacial score (nSPS) is 20.1. The monoisotopic (exact) mass is 390 g/mol. The number of alkyl halides is 3. The molecule has 0 atom stereocenters. The number of rotatable bonds is 2. The van der Waals surface area contributed by atoms with E-state index in [9.17, 15) is 18.0 Å². The molecule has 0 bridgehead atoms. The van der Waals surface area contributed by atoms with Crippen molar-refractivity contribution in [1.82, 2.24) is 10.2 Å². The van der Waals surface area contributed by atoms with E-state index in [0.29, 0.717) is 24.1 Å². The Hall–Kier alpha value is -1.27. The summed E-state index contributed by atoms with van der Waals surface area (Å²) in [6.07, 6.45) is -1.33.